The normalized spacial score (nSPS) is 9.68. The van der Waals surface area contributed by atoms with Crippen LogP contribution in [-0.2, 0) is 0 Å². The molecule has 37 heavy (non-hydrogen) atoms. The van der Waals surface area contributed by atoms with E-state index in [1.165, 1.54) is 12.1 Å². The number of rotatable bonds is 4. The number of carboxylic acid groups (broad SMARTS) is 1. The Balaban J connectivity index is 2.26. The van der Waals surface area contributed by atoms with Crippen LogP contribution in [0.25, 0.3) is 11.1 Å². The molecule has 2 aliphatic rings. The maximum absolute atomic E-state index is 13.3. The van der Waals surface area contributed by atoms with E-state index in [0.29, 0.717) is 17.0 Å². The van der Waals surface area contributed by atoms with Gasteiger partial charge in [0.2, 0.25) is 0 Å². The molecule has 1 aromatic rings. The van der Waals surface area contributed by atoms with Crippen molar-refractivity contribution in [1.29, 1.82) is 0 Å². The number of nitrogens with zero attached hydrogens (tertiary/aromatic N) is 1. The van der Waals surface area contributed by atoms with E-state index in [-0.39, 0.29) is 11.1 Å². The van der Waals surface area contributed by atoms with Gasteiger partial charge in [0.05, 0.1) is 11.1 Å². The summed E-state index contributed by atoms with van der Waals surface area (Å²) in [5.41, 5.74) is 2.21. The number of ether oxygens (including phenoxy) is 1. The second-order valence-corrected chi connectivity index (χ2v) is 8.14. The van der Waals surface area contributed by atoms with Gasteiger partial charge in [-0.2, -0.15) is 0 Å². The van der Waals surface area contributed by atoms with Crippen LogP contribution in [0, 0.1) is 0 Å². The number of hydrogen-bond acceptors (Lipinski definition) is 4. The summed E-state index contributed by atoms with van der Waals surface area (Å²) in [7, 11) is 3.56. The van der Waals surface area contributed by atoms with Gasteiger partial charge < -0.3 is 14.7 Å². The molecule has 0 atom stereocenters. The fraction of sp³-hybridized carbons (Fsp3) is 0.0625. The fourth-order valence-corrected chi connectivity index (χ4v) is 3.32. The maximum atomic E-state index is 13.3. The van der Waals surface area contributed by atoms with Gasteiger partial charge in [-0.1, -0.05) is 109 Å². The molecule has 0 amide bonds. The van der Waals surface area contributed by atoms with E-state index < -0.39 is 11.9 Å². The summed E-state index contributed by atoms with van der Waals surface area (Å²) in [5.74, 6) is -1.47. The van der Waals surface area contributed by atoms with Crippen LogP contribution in [0.1, 0.15) is 20.7 Å². The lowest BCUT2D eigenvalue weighted by atomic mass is 10.1. The van der Waals surface area contributed by atoms with Gasteiger partial charge >= 0.3 is 11.9 Å². The summed E-state index contributed by atoms with van der Waals surface area (Å²) in [6.45, 7) is 0. The Kier molecular flexibility index (Phi) is 10.00. The Morgan fingerprint density at radius 2 is 1.08 bits per heavy atom. The first-order chi connectivity index (χ1) is 18.0. The van der Waals surface area contributed by atoms with E-state index in [9.17, 15) is 14.7 Å². The fourth-order valence-electron chi connectivity index (χ4n) is 3.32. The minimum Gasteiger partial charge on any atom is -0.478 e. The molecule has 0 radical (unpaired) electrons. The molecule has 0 bridgehead atoms. The molecule has 5 nitrogen and oxygen atoms in total. The molecule has 0 spiro atoms. The largest absolute Gasteiger partial charge is 0.478 e. The molecule has 0 unspecified atom stereocenters. The summed E-state index contributed by atoms with van der Waals surface area (Å²) in [5, 5.41) is 9.55. The highest BCUT2D eigenvalue weighted by Gasteiger charge is 2.16. The number of anilines is 1. The minimum atomic E-state index is -1.12. The first-order valence-corrected chi connectivity index (χ1v) is 11.7. The van der Waals surface area contributed by atoms with Crippen LogP contribution in [0.2, 0.25) is 0 Å². The average molecular weight is 492 g/mol. The number of hydrogen-bond donors (Lipinski definition) is 1. The number of fused-ring (bicyclic) bond motifs is 1. The van der Waals surface area contributed by atoms with E-state index >= 15 is 0 Å². The monoisotopic (exact) mass is 491 g/mol. The second kappa shape index (κ2) is 13.9. The molecule has 3 rings (SSSR count). The first-order valence-electron chi connectivity index (χ1n) is 11.7. The number of esters is 1. The van der Waals surface area contributed by atoms with E-state index in [0.717, 1.165) is 5.56 Å². The predicted molar refractivity (Wildman–Crippen MR) is 149 cm³/mol. The molecule has 2 aliphatic carbocycles. The van der Waals surface area contributed by atoms with Crippen molar-refractivity contribution in [3.05, 3.63) is 145 Å². The molecule has 0 saturated carbocycles. The zero-order chi connectivity index (χ0) is 26.5. The molecule has 1 aromatic carbocycles. The van der Waals surface area contributed by atoms with Crippen LogP contribution >= 0.6 is 0 Å². The van der Waals surface area contributed by atoms with Gasteiger partial charge in [0.1, 0.15) is 5.75 Å². The second-order valence-electron chi connectivity index (χ2n) is 8.14. The molecule has 186 valence electrons. The van der Waals surface area contributed by atoms with Crippen molar-refractivity contribution in [3.8, 4) is 16.9 Å². The highest BCUT2D eigenvalue weighted by molar-refractivity contribution is 5.97. The Morgan fingerprint density at radius 1 is 0.622 bits per heavy atom. The van der Waals surface area contributed by atoms with Crippen LogP contribution in [0.4, 0.5) is 5.69 Å². The number of carbonyl (C=O) groups excluding carboxylic acids is 1. The van der Waals surface area contributed by atoms with E-state index in [4.69, 9.17) is 4.74 Å². The van der Waals surface area contributed by atoms with Crippen molar-refractivity contribution in [2.24, 2.45) is 0 Å². The summed E-state index contributed by atoms with van der Waals surface area (Å²) >= 11 is 0. The number of carbonyl (C=O) groups is 2. The molecule has 0 fully saturated rings. The van der Waals surface area contributed by atoms with Gasteiger partial charge in [-0.15, -0.1) is 0 Å². The van der Waals surface area contributed by atoms with Crippen molar-refractivity contribution in [1.82, 2.24) is 0 Å². The van der Waals surface area contributed by atoms with Gasteiger partial charge in [0.15, 0.2) is 0 Å². The molecule has 0 aromatic heterocycles. The Labute approximate surface area is 217 Å². The van der Waals surface area contributed by atoms with Crippen molar-refractivity contribution < 1.29 is 19.4 Å². The molecular weight excluding hydrogens is 462 g/mol. The third-order valence-electron chi connectivity index (χ3n) is 5.20. The quantitative estimate of drug-likeness (QED) is 0.393. The summed E-state index contributed by atoms with van der Waals surface area (Å²) in [6.07, 6.45) is 0. The molecule has 5 heteroatoms. The topological polar surface area (TPSA) is 66.8 Å². The van der Waals surface area contributed by atoms with Gasteiger partial charge in [-0.05, 0) is 29.8 Å². The molecule has 0 aliphatic heterocycles. The highest BCUT2D eigenvalue weighted by Crippen LogP contribution is 2.29. The lowest BCUT2D eigenvalue weighted by Crippen LogP contribution is -2.14. The minimum absolute atomic E-state index is 0.00398. The maximum Gasteiger partial charge on any atom is 0.343 e. The van der Waals surface area contributed by atoms with Crippen molar-refractivity contribution in [2.45, 2.75) is 0 Å². The third kappa shape index (κ3) is 8.37. The van der Waals surface area contributed by atoms with Gasteiger partial charge in [-0.25, -0.2) is 9.59 Å². The number of carboxylic acids is 1. The summed E-state index contributed by atoms with van der Waals surface area (Å²) < 4.78 is 5.93. The lowest BCUT2D eigenvalue weighted by Gasteiger charge is -2.15. The Morgan fingerprint density at radius 3 is 1.59 bits per heavy atom. The summed E-state index contributed by atoms with van der Waals surface area (Å²) in [6, 6.07) is 40.3. The Bertz CT molecular complexity index is 1380. The van der Waals surface area contributed by atoms with Crippen LogP contribution in [0.5, 0.6) is 5.75 Å². The zero-order valence-electron chi connectivity index (χ0n) is 20.8. The van der Waals surface area contributed by atoms with Crippen molar-refractivity contribution in [2.75, 3.05) is 19.0 Å². The average Bonchev–Trinajstić information content (AvgIpc) is 2.87. The van der Waals surface area contributed by atoms with Crippen molar-refractivity contribution in [3.63, 3.8) is 0 Å². The van der Waals surface area contributed by atoms with Crippen molar-refractivity contribution >= 4 is 17.6 Å². The van der Waals surface area contributed by atoms with E-state index in [2.05, 4.69) is 0 Å². The van der Waals surface area contributed by atoms with Crippen LogP contribution in [0.15, 0.2) is 133 Å². The third-order valence-corrected chi connectivity index (χ3v) is 5.20. The van der Waals surface area contributed by atoms with Crippen LogP contribution < -0.4 is 9.64 Å². The van der Waals surface area contributed by atoms with Gasteiger partial charge in [-0.3, -0.25) is 0 Å². The molecule has 0 heterocycles. The van der Waals surface area contributed by atoms with Crippen LogP contribution in [-0.4, -0.2) is 31.1 Å². The van der Waals surface area contributed by atoms with E-state index in [1.54, 1.807) is 37.2 Å². The zero-order valence-corrected chi connectivity index (χ0v) is 20.8. The van der Waals surface area contributed by atoms with Crippen LogP contribution in [0.3, 0.4) is 0 Å². The lowest BCUT2D eigenvalue weighted by molar-refractivity contribution is 0.0697. The summed E-state index contributed by atoms with van der Waals surface area (Å²) in [4.78, 5) is 26.8. The SMILES string of the molecule is CN(C)c1cc(C(=O)O)cc(C(=O)Oc2cccccccccc3ccccccccccc2-3)c1. The first kappa shape index (κ1) is 26.7. The number of benzene rings is 1. The highest BCUT2D eigenvalue weighted by atomic mass is 16.5. The molecule has 1 N–H and O–H groups in total. The standard InChI is InChI=1S/C32H29NO4/c1-33(2)28-23-26(31(34)35)22-27(24-28)32(36)37-30-21-17-13-9-5-7-11-15-19-25-18-14-10-6-3-4-8-12-16-20-29(25)30/h3-24H,1-2H3,(H,34,35). The van der Waals surface area contributed by atoms with E-state index in [1.807, 2.05) is 103 Å². The smallest absolute Gasteiger partial charge is 0.343 e. The predicted octanol–water partition coefficient (Wildman–Crippen LogP) is 7.15. The molecule has 0 saturated heterocycles. The van der Waals surface area contributed by atoms with Gasteiger partial charge in [0, 0.05) is 25.3 Å². The Hall–Kier alpha value is -4.90. The van der Waals surface area contributed by atoms with Gasteiger partial charge in [0.25, 0.3) is 0 Å². The number of aromatic carboxylic acids is 1. The molecular formula is C32H29NO4.